The van der Waals surface area contributed by atoms with Crippen molar-refractivity contribution in [1.82, 2.24) is 4.72 Å². The maximum atomic E-state index is 12.5. The summed E-state index contributed by atoms with van der Waals surface area (Å²) >= 11 is 6.02. The van der Waals surface area contributed by atoms with Crippen molar-refractivity contribution in [3.8, 4) is 17.2 Å². The molecule has 29 heavy (non-hydrogen) atoms. The predicted molar refractivity (Wildman–Crippen MR) is 108 cm³/mol. The van der Waals surface area contributed by atoms with Crippen LogP contribution in [0.1, 0.15) is 12.8 Å². The van der Waals surface area contributed by atoms with Gasteiger partial charge in [-0.2, -0.15) is 0 Å². The summed E-state index contributed by atoms with van der Waals surface area (Å²) in [5.74, 6) is 1.04. The molecule has 1 heterocycles. The van der Waals surface area contributed by atoms with Crippen molar-refractivity contribution >= 4 is 33.2 Å². The number of hydrogen-bond acceptors (Lipinski definition) is 6. The van der Waals surface area contributed by atoms with Crippen LogP contribution < -0.4 is 24.2 Å². The first kappa shape index (κ1) is 21.2. The van der Waals surface area contributed by atoms with Gasteiger partial charge >= 0.3 is 0 Å². The van der Waals surface area contributed by atoms with Crippen LogP contribution in [-0.4, -0.2) is 41.2 Å². The molecule has 0 saturated carbocycles. The monoisotopic (exact) mass is 440 g/mol. The number of ether oxygens (including phenoxy) is 3. The summed E-state index contributed by atoms with van der Waals surface area (Å²) in [6.07, 6.45) is 0.678. The first-order valence-electron chi connectivity index (χ1n) is 8.92. The normalized spacial score (nSPS) is 13.4. The molecule has 0 bridgehead atoms. The molecule has 1 aliphatic rings. The molecule has 8 nitrogen and oxygen atoms in total. The van der Waals surface area contributed by atoms with Crippen LogP contribution >= 0.6 is 11.6 Å². The number of methoxy groups -OCH3 is 1. The number of carbonyl (C=O) groups excluding carboxylic acids is 1. The second-order valence-electron chi connectivity index (χ2n) is 6.20. The summed E-state index contributed by atoms with van der Waals surface area (Å²) in [6.45, 7) is 0.915. The van der Waals surface area contributed by atoms with Crippen molar-refractivity contribution in [2.24, 2.45) is 0 Å². The molecule has 1 aliphatic heterocycles. The molecular formula is C19H21ClN2O6S. The van der Waals surface area contributed by atoms with Gasteiger partial charge < -0.3 is 19.5 Å². The van der Waals surface area contributed by atoms with E-state index in [1.165, 1.54) is 19.2 Å². The molecule has 156 valence electrons. The highest BCUT2D eigenvalue weighted by Crippen LogP contribution is 2.32. The van der Waals surface area contributed by atoms with E-state index in [2.05, 4.69) is 10.0 Å². The Kier molecular flexibility index (Phi) is 6.83. The van der Waals surface area contributed by atoms with Gasteiger partial charge in [-0.25, -0.2) is 13.1 Å². The highest BCUT2D eigenvalue weighted by molar-refractivity contribution is 7.89. The Bertz CT molecular complexity index is 996. The molecule has 0 atom stereocenters. The zero-order chi connectivity index (χ0) is 20.9. The van der Waals surface area contributed by atoms with Crippen LogP contribution in [0.15, 0.2) is 41.3 Å². The third-order valence-electron chi connectivity index (χ3n) is 4.11. The number of fused-ring (bicyclic) bond motifs is 1. The third kappa shape index (κ3) is 5.53. The van der Waals surface area contributed by atoms with E-state index in [0.29, 0.717) is 41.2 Å². The van der Waals surface area contributed by atoms with Crippen LogP contribution in [0.5, 0.6) is 17.2 Å². The zero-order valence-electron chi connectivity index (χ0n) is 15.7. The lowest BCUT2D eigenvalue weighted by atomic mass is 10.3. The Morgan fingerprint density at radius 3 is 2.62 bits per heavy atom. The molecule has 0 saturated heterocycles. The number of benzene rings is 2. The van der Waals surface area contributed by atoms with Crippen LogP contribution in [0.25, 0.3) is 0 Å². The van der Waals surface area contributed by atoms with Gasteiger partial charge in [0.05, 0.1) is 30.2 Å². The molecule has 3 rings (SSSR count). The largest absolute Gasteiger partial charge is 0.495 e. The van der Waals surface area contributed by atoms with Crippen LogP contribution in [0.2, 0.25) is 5.02 Å². The number of anilines is 1. The minimum absolute atomic E-state index is 0.0455. The van der Waals surface area contributed by atoms with E-state index in [4.69, 9.17) is 25.8 Å². The molecule has 10 heteroatoms. The van der Waals surface area contributed by atoms with Gasteiger partial charge in [0.2, 0.25) is 15.9 Å². The summed E-state index contributed by atoms with van der Waals surface area (Å²) in [7, 11) is -2.30. The molecule has 0 fully saturated rings. The SMILES string of the molecule is COc1ccc(NC(=O)CCNS(=O)(=O)c2ccc3c(c2)OCCCO3)cc1Cl. The van der Waals surface area contributed by atoms with Crippen molar-refractivity contribution in [3.05, 3.63) is 41.4 Å². The first-order valence-corrected chi connectivity index (χ1v) is 10.8. The summed E-state index contributed by atoms with van der Waals surface area (Å²) in [5, 5.41) is 3.02. The molecule has 0 spiro atoms. The van der Waals surface area contributed by atoms with Crippen molar-refractivity contribution in [1.29, 1.82) is 0 Å². The first-order chi connectivity index (χ1) is 13.9. The minimum Gasteiger partial charge on any atom is -0.495 e. The average molecular weight is 441 g/mol. The van der Waals surface area contributed by atoms with Gasteiger partial charge in [0.1, 0.15) is 5.75 Å². The van der Waals surface area contributed by atoms with Gasteiger partial charge in [-0.1, -0.05) is 11.6 Å². The average Bonchev–Trinajstić information content (AvgIpc) is 2.93. The van der Waals surface area contributed by atoms with Gasteiger partial charge in [0.25, 0.3) is 0 Å². The van der Waals surface area contributed by atoms with Gasteiger partial charge in [-0.05, 0) is 30.3 Å². The number of amides is 1. The Morgan fingerprint density at radius 1 is 1.14 bits per heavy atom. The highest BCUT2D eigenvalue weighted by atomic mass is 35.5. The van der Waals surface area contributed by atoms with Crippen molar-refractivity contribution in [3.63, 3.8) is 0 Å². The van der Waals surface area contributed by atoms with Crippen LogP contribution in [0.3, 0.4) is 0 Å². The lowest BCUT2D eigenvalue weighted by Gasteiger charge is -2.11. The second kappa shape index (κ2) is 9.34. The lowest BCUT2D eigenvalue weighted by molar-refractivity contribution is -0.116. The number of rotatable bonds is 7. The maximum absolute atomic E-state index is 12.5. The van der Waals surface area contributed by atoms with E-state index in [9.17, 15) is 13.2 Å². The van der Waals surface area contributed by atoms with Crippen molar-refractivity contribution in [2.75, 3.05) is 32.2 Å². The standard InChI is InChI=1S/C19H21ClN2O6S/c1-26-16-5-3-13(11-15(16)20)22-19(23)7-8-21-29(24,25)14-4-6-17-18(12-14)28-10-2-9-27-17/h3-6,11-12,21H,2,7-10H2,1H3,(H,22,23). The van der Waals surface area contributed by atoms with Crippen LogP contribution in [-0.2, 0) is 14.8 Å². The van der Waals surface area contributed by atoms with Gasteiger partial charge in [0.15, 0.2) is 11.5 Å². The van der Waals surface area contributed by atoms with Gasteiger partial charge in [-0.15, -0.1) is 0 Å². The fraction of sp³-hybridized carbons (Fsp3) is 0.316. The molecule has 0 unspecified atom stereocenters. The topological polar surface area (TPSA) is 103 Å². The van der Waals surface area contributed by atoms with Gasteiger partial charge in [-0.3, -0.25) is 4.79 Å². The summed E-state index contributed by atoms with van der Waals surface area (Å²) < 4.78 is 43.5. The van der Waals surface area contributed by atoms with E-state index in [-0.39, 0.29) is 23.8 Å². The molecule has 2 aromatic carbocycles. The van der Waals surface area contributed by atoms with E-state index in [1.807, 2.05) is 0 Å². The fourth-order valence-electron chi connectivity index (χ4n) is 2.66. The number of nitrogens with one attached hydrogen (secondary N) is 2. The fourth-order valence-corrected chi connectivity index (χ4v) is 3.97. The maximum Gasteiger partial charge on any atom is 0.240 e. The smallest absolute Gasteiger partial charge is 0.240 e. The number of carbonyl (C=O) groups is 1. The van der Waals surface area contributed by atoms with E-state index in [0.717, 1.165) is 6.42 Å². The Morgan fingerprint density at radius 2 is 1.90 bits per heavy atom. The number of hydrogen-bond donors (Lipinski definition) is 2. The van der Waals surface area contributed by atoms with E-state index < -0.39 is 10.0 Å². The molecule has 0 aliphatic carbocycles. The Balaban J connectivity index is 1.56. The minimum atomic E-state index is -3.79. The Labute approximate surface area is 174 Å². The zero-order valence-corrected chi connectivity index (χ0v) is 17.3. The lowest BCUT2D eigenvalue weighted by Crippen LogP contribution is -2.27. The molecule has 0 aromatic heterocycles. The molecule has 0 radical (unpaired) electrons. The quantitative estimate of drug-likeness (QED) is 0.686. The molecule has 1 amide bonds. The van der Waals surface area contributed by atoms with Crippen LogP contribution in [0.4, 0.5) is 5.69 Å². The van der Waals surface area contributed by atoms with E-state index >= 15 is 0 Å². The summed E-state index contributed by atoms with van der Waals surface area (Å²) in [4.78, 5) is 12.1. The summed E-state index contributed by atoms with van der Waals surface area (Å²) in [5.41, 5.74) is 0.492. The van der Waals surface area contributed by atoms with Crippen LogP contribution in [0, 0.1) is 0 Å². The Hall–Kier alpha value is -2.49. The predicted octanol–water partition coefficient (Wildman–Crippen LogP) is 2.82. The molecular weight excluding hydrogens is 420 g/mol. The van der Waals surface area contributed by atoms with Crippen molar-refractivity contribution in [2.45, 2.75) is 17.7 Å². The number of sulfonamides is 1. The number of halogens is 1. The van der Waals surface area contributed by atoms with Gasteiger partial charge in [0, 0.05) is 31.1 Å². The van der Waals surface area contributed by atoms with Crippen molar-refractivity contribution < 1.29 is 27.4 Å². The highest BCUT2D eigenvalue weighted by Gasteiger charge is 2.19. The summed E-state index contributed by atoms with van der Waals surface area (Å²) in [6, 6.07) is 9.25. The third-order valence-corrected chi connectivity index (χ3v) is 5.86. The second-order valence-corrected chi connectivity index (χ2v) is 8.38. The van der Waals surface area contributed by atoms with E-state index in [1.54, 1.807) is 24.3 Å². The molecule has 2 aromatic rings. The molecule has 2 N–H and O–H groups in total.